The molecule has 1 aromatic heterocycles. The molecule has 0 saturated heterocycles. The van der Waals surface area contributed by atoms with Crippen LogP contribution in [0.3, 0.4) is 0 Å². The summed E-state index contributed by atoms with van der Waals surface area (Å²) >= 11 is 1.43. The summed E-state index contributed by atoms with van der Waals surface area (Å²) in [6, 6.07) is 6.21. The average molecular weight is 246 g/mol. The molecule has 4 nitrogen and oxygen atoms in total. The Balaban J connectivity index is 2.03. The van der Waals surface area contributed by atoms with Gasteiger partial charge in [-0.1, -0.05) is 18.2 Å². The van der Waals surface area contributed by atoms with Gasteiger partial charge in [0.2, 0.25) is 5.13 Å². The van der Waals surface area contributed by atoms with Gasteiger partial charge in [-0.25, -0.2) is 4.98 Å². The monoisotopic (exact) mass is 246 g/mol. The van der Waals surface area contributed by atoms with Crippen molar-refractivity contribution in [3.05, 3.63) is 40.3 Å². The van der Waals surface area contributed by atoms with Crippen molar-refractivity contribution in [2.24, 2.45) is 5.10 Å². The van der Waals surface area contributed by atoms with Crippen LogP contribution in [0.4, 0.5) is 10.9 Å². The predicted octanol–water partition coefficient (Wildman–Crippen LogP) is 2.79. The van der Waals surface area contributed by atoms with Gasteiger partial charge in [0.1, 0.15) is 5.82 Å². The first-order valence-electron chi connectivity index (χ1n) is 5.22. The van der Waals surface area contributed by atoms with Gasteiger partial charge in [0.15, 0.2) is 0 Å². The summed E-state index contributed by atoms with van der Waals surface area (Å²) in [5.74, 6) is 0.513. The standard InChI is InChI=1S/C12H14N4S/c1-8-3-4-10(5-9(8)2)6-14-16-12-15-11(13)7-17-12/h3-7H,13H2,1-2H3,(H,15,16). The molecule has 0 amide bonds. The molecule has 0 bridgehead atoms. The molecule has 0 aliphatic carbocycles. The Labute approximate surface area is 104 Å². The second-order valence-electron chi connectivity index (χ2n) is 3.79. The fourth-order valence-electron chi connectivity index (χ4n) is 1.34. The maximum atomic E-state index is 5.51. The van der Waals surface area contributed by atoms with E-state index in [0.29, 0.717) is 10.9 Å². The van der Waals surface area contributed by atoms with Crippen LogP contribution in [0.5, 0.6) is 0 Å². The molecular weight excluding hydrogens is 232 g/mol. The summed E-state index contributed by atoms with van der Waals surface area (Å²) in [6.45, 7) is 4.18. The third-order valence-corrected chi connectivity index (χ3v) is 3.19. The Hall–Kier alpha value is -1.88. The highest BCUT2D eigenvalue weighted by molar-refractivity contribution is 7.14. The molecular formula is C12H14N4S. The Bertz CT molecular complexity index is 545. The van der Waals surface area contributed by atoms with Gasteiger partial charge >= 0.3 is 0 Å². The summed E-state index contributed by atoms with van der Waals surface area (Å²) in [7, 11) is 0. The number of hydrogen-bond donors (Lipinski definition) is 2. The van der Waals surface area contributed by atoms with Crippen molar-refractivity contribution in [2.45, 2.75) is 13.8 Å². The number of benzene rings is 1. The second kappa shape index (κ2) is 4.97. The molecule has 0 aliphatic rings. The van der Waals surface area contributed by atoms with E-state index in [1.807, 2.05) is 6.07 Å². The molecule has 5 heteroatoms. The number of aromatic nitrogens is 1. The van der Waals surface area contributed by atoms with E-state index in [0.717, 1.165) is 5.56 Å². The molecule has 2 aromatic rings. The van der Waals surface area contributed by atoms with E-state index < -0.39 is 0 Å². The first-order valence-corrected chi connectivity index (χ1v) is 6.10. The van der Waals surface area contributed by atoms with Crippen LogP contribution in [0, 0.1) is 13.8 Å². The van der Waals surface area contributed by atoms with Crippen molar-refractivity contribution in [3.8, 4) is 0 Å². The summed E-state index contributed by atoms with van der Waals surface area (Å²) in [4.78, 5) is 4.04. The Morgan fingerprint density at radius 2 is 2.18 bits per heavy atom. The Morgan fingerprint density at radius 1 is 1.35 bits per heavy atom. The first-order chi connectivity index (χ1) is 8.15. The summed E-state index contributed by atoms with van der Waals surface area (Å²) in [5.41, 5.74) is 11.9. The van der Waals surface area contributed by atoms with Crippen molar-refractivity contribution in [2.75, 3.05) is 11.2 Å². The number of hydrazone groups is 1. The van der Waals surface area contributed by atoms with Gasteiger partial charge in [0.25, 0.3) is 0 Å². The molecule has 0 fully saturated rings. The molecule has 1 aromatic carbocycles. The van der Waals surface area contributed by atoms with Crippen LogP contribution in [0.1, 0.15) is 16.7 Å². The minimum atomic E-state index is 0.513. The van der Waals surface area contributed by atoms with Gasteiger partial charge in [-0.3, -0.25) is 5.43 Å². The van der Waals surface area contributed by atoms with Crippen molar-refractivity contribution < 1.29 is 0 Å². The van der Waals surface area contributed by atoms with Gasteiger partial charge in [0, 0.05) is 5.38 Å². The van der Waals surface area contributed by atoms with Crippen LogP contribution in [0.15, 0.2) is 28.7 Å². The molecule has 0 aliphatic heterocycles. The number of rotatable bonds is 3. The maximum absolute atomic E-state index is 5.51. The SMILES string of the molecule is Cc1ccc(C=NNc2nc(N)cs2)cc1C. The number of nitrogens with zero attached hydrogens (tertiary/aromatic N) is 2. The highest BCUT2D eigenvalue weighted by Gasteiger charge is 1.96. The zero-order chi connectivity index (χ0) is 12.3. The second-order valence-corrected chi connectivity index (χ2v) is 4.65. The lowest BCUT2D eigenvalue weighted by Crippen LogP contribution is -1.92. The third kappa shape index (κ3) is 3.04. The zero-order valence-electron chi connectivity index (χ0n) is 9.77. The van der Waals surface area contributed by atoms with E-state index >= 15 is 0 Å². The molecule has 0 spiro atoms. The van der Waals surface area contributed by atoms with Crippen molar-refractivity contribution in [3.63, 3.8) is 0 Å². The van der Waals surface area contributed by atoms with Gasteiger partial charge in [-0.15, -0.1) is 11.3 Å². The smallest absolute Gasteiger partial charge is 0.205 e. The number of hydrogen-bond acceptors (Lipinski definition) is 5. The van der Waals surface area contributed by atoms with E-state index in [1.54, 1.807) is 11.6 Å². The lowest BCUT2D eigenvalue weighted by molar-refractivity contribution is 1.29. The lowest BCUT2D eigenvalue weighted by atomic mass is 10.1. The topological polar surface area (TPSA) is 63.3 Å². The Kier molecular flexibility index (Phi) is 3.39. The van der Waals surface area contributed by atoms with Crippen LogP contribution >= 0.6 is 11.3 Å². The van der Waals surface area contributed by atoms with Crippen LogP contribution in [-0.4, -0.2) is 11.2 Å². The minimum Gasteiger partial charge on any atom is -0.383 e. The lowest BCUT2D eigenvalue weighted by Gasteiger charge is -2.00. The number of nitrogens with one attached hydrogen (secondary N) is 1. The van der Waals surface area contributed by atoms with Crippen LogP contribution < -0.4 is 11.2 Å². The molecule has 0 atom stereocenters. The number of aryl methyl sites for hydroxylation is 2. The quantitative estimate of drug-likeness (QED) is 0.646. The highest BCUT2D eigenvalue weighted by atomic mass is 32.1. The molecule has 1 heterocycles. The third-order valence-electron chi connectivity index (χ3n) is 2.43. The normalized spacial score (nSPS) is 10.9. The Morgan fingerprint density at radius 3 is 2.82 bits per heavy atom. The zero-order valence-corrected chi connectivity index (χ0v) is 10.6. The first kappa shape index (κ1) is 11.6. The average Bonchev–Trinajstić information content (AvgIpc) is 2.70. The summed E-state index contributed by atoms with van der Waals surface area (Å²) in [5, 5.41) is 6.58. The van der Waals surface area contributed by atoms with Crippen molar-refractivity contribution >= 4 is 28.5 Å². The van der Waals surface area contributed by atoms with Gasteiger partial charge < -0.3 is 5.73 Å². The number of nitrogens with two attached hydrogens (primary N) is 1. The van der Waals surface area contributed by atoms with E-state index in [2.05, 4.69) is 41.5 Å². The molecule has 0 radical (unpaired) electrons. The summed E-state index contributed by atoms with van der Waals surface area (Å²) < 4.78 is 0. The van der Waals surface area contributed by atoms with Crippen LogP contribution in [0.2, 0.25) is 0 Å². The van der Waals surface area contributed by atoms with Crippen LogP contribution in [0.25, 0.3) is 0 Å². The highest BCUT2D eigenvalue weighted by Crippen LogP contribution is 2.16. The summed E-state index contributed by atoms with van der Waals surface area (Å²) in [6.07, 6.45) is 1.77. The van der Waals surface area contributed by atoms with Crippen LogP contribution in [-0.2, 0) is 0 Å². The number of nitrogen functional groups attached to an aromatic ring is 1. The predicted molar refractivity (Wildman–Crippen MR) is 73.7 cm³/mol. The van der Waals surface area contributed by atoms with Gasteiger partial charge in [-0.05, 0) is 30.5 Å². The van der Waals surface area contributed by atoms with E-state index in [9.17, 15) is 0 Å². The number of thiazole rings is 1. The van der Waals surface area contributed by atoms with E-state index in [4.69, 9.17) is 5.73 Å². The fraction of sp³-hybridized carbons (Fsp3) is 0.167. The maximum Gasteiger partial charge on any atom is 0.205 e. The van der Waals surface area contributed by atoms with Gasteiger partial charge in [0.05, 0.1) is 6.21 Å². The minimum absolute atomic E-state index is 0.513. The molecule has 0 unspecified atom stereocenters. The number of anilines is 2. The molecule has 3 N–H and O–H groups in total. The van der Waals surface area contributed by atoms with Crippen molar-refractivity contribution in [1.29, 1.82) is 0 Å². The van der Waals surface area contributed by atoms with E-state index in [-0.39, 0.29) is 0 Å². The molecule has 88 valence electrons. The van der Waals surface area contributed by atoms with Gasteiger partial charge in [-0.2, -0.15) is 5.10 Å². The fourth-order valence-corrected chi connectivity index (χ4v) is 1.89. The van der Waals surface area contributed by atoms with E-state index in [1.165, 1.54) is 22.5 Å². The molecule has 0 saturated carbocycles. The largest absolute Gasteiger partial charge is 0.383 e. The van der Waals surface area contributed by atoms with Crippen molar-refractivity contribution in [1.82, 2.24) is 4.98 Å². The molecule has 2 rings (SSSR count). The molecule has 17 heavy (non-hydrogen) atoms.